The Morgan fingerprint density at radius 3 is 2.53 bits per heavy atom. The number of benzene rings is 2. The summed E-state index contributed by atoms with van der Waals surface area (Å²) in [5.74, 6) is -0.598. The van der Waals surface area contributed by atoms with Gasteiger partial charge >= 0.3 is 0 Å². The molecular weight excluding hydrogens is 424 g/mol. The second kappa shape index (κ2) is 9.51. The number of hydrogen-bond donors (Lipinski definition) is 1. The highest BCUT2D eigenvalue weighted by molar-refractivity contribution is 7.92. The number of aryl methyl sites for hydroxylation is 1. The molecule has 154 valence electrons. The van der Waals surface area contributed by atoms with Gasteiger partial charge in [-0.05, 0) is 54.4 Å². The van der Waals surface area contributed by atoms with Gasteiger partial charge in [-0.1, -0.05) is 35.9 Å². The number of carbonyl (C=O) groups excluding carboxylic acids is 1. The molecule has 0 atom stereocenters. The summed E-state index contributed by atoms with van der Waals surface area (Å²) >= 11 is 6.09. The fraction of sp³-hybridized carbons (Fsp3) is 0.0952. The number of nitrogens with zero attached hydrogens (tertiary/aromatic N) is 3. The Morgan fingerprint density at radius 2 is 1.83 bits per heavy atom. The number of anilines is 1. The van der Waals surface area contributed by atoms with Crippen LogP contribution in [0.15, 0.2) is 83.1 Å². The maximum absolute atomic E-state index is 13.3. The summed E-state index contributed by atoms with van der Waals surface area (Å²) in [6, 6.07) is 16.2. The fourth-order valence-corrected chi connectivity index (χ4v) is 4.33. The first kappa shape index (κ1) is 21.5. The molecule has 0 aliphatic carbocycles. The van der Waals surface area contributed by atoms with Gasteiger partial charge in [-0.2, -0.15) is 5.10 Å². The molecule has 3 rings (SSSR count). The number of nitrogens with one attached hydrogen (secondary N) is 1. The van der Waals surface area contributed by atoms with Crippen LogP contribution in [0.4, 0.5) is 5.69 Å². The highest BCUT2D eigenvalue weighted by atomic mass is 35.5. The average Bonchev–Trinajstić information content (AvgIpc) is 2.75. The second-order valence-corrected chi connectivity index (χ2v) is 8.63. The molecule has 0 unspecified atom stereocenters. The maximum atomic E-state index is 13.3. The Balaban J connectivity index is 1.89. The number of halogens is 1. The summed E-state index contributed by atoms with van der Waals surface area (Å²) in [6.07, 6.45) is 4.64. The molecule has 0 spiro atoms. The zero-order valence-corrected chi connectivity index (χ0v) is 17.6. The van der Waals surface area contributed by atoms with Crippen LogP contribution in [0, 0.1) is 6.92 Å². The van der Waals surface area contributed by atoms with E-state index in [0.29, 0.717) is 16.3 Å². The van der Waals surface area contributed by atoms with E-state index in [4.69, 9.17) is 11.6 Å². The lowest BCUT2D eigenvalue weighted by molar-refractivity contribution is -0.119. The minimum atomic E-state index is -4.01. The van der Waals surface area contributed by atoms with E-state index in [-0.39, 0.29) is 4.90 Å². The quantitative estimate of drug-likeness (QED) is 0.448. The molecule has 3 aromatic rings. The van der Waals surface area contributed by atoms with Crippen molar-refractivity contribution in [2.75, 3.05) is 10.8 Å². The summed E-state index contributed by atoms with van der Waals surface area (Å²) in [5.41, 5.74) is 4.08. The van der Waals surface area contributed by atoms with Crippen LogP contribution in [0.3, 0.4) is 0 Å². The first-order valence-corrected chi connectivity index (χ1v) is 10.8. The molecule has 0 aliphatic rings. The van der Waals surface area contributed by atoms with E-state index < -0.39 is 22.5 Å². The van der Waals surface area contributed by atoms with Crippen molar-refractivity contribution in [1.82, 2.24) is 10.4 Å². The lowest BCUT2D eigenvalue weighted by Gasteiger charge is -2.25. The monoisotopic (exact) mass is 442 g/mol. The highest BCUT2D eigenvalue weighted by Crippen LogP contribution is 2.29. The number of hydrazone groups is 1. The Hall–Kier alpha value is -3.23. The summed E-state index contributed by atoms with van der Waals surface area (Å²) in [7, 11) is -4.01. The summed E-state index contributed by atoms with van der Waals surface area (Å²) in [6.45, 7) is 1.28. The zero-order valence-electron chi connectivity index (χ0n) is 16.1. The van der Waals surface area contributed by atoms with Gasteiger partial charge in [0.05, 0.1) is 16.8 Å². The van der Waals surface area contributed by atoms with E-state index in [0.717, 1.165) is 9.87 Å². The number of hydrogen-bond acceptors (Lipinski definition) is 5. The van der Waals surface area contributed by atoms with Crippen molar-refractivity contribution in [3.05, 3.63) is 89.2 Å². The van der Waals surface area contributed by atoms with Gasteiger partial charge in [0.15, 0.2) is 0 Å². The third kappa shape index (κ3) is 5.22. The molecule has 1 heterocycles. The number of amides is 1. The average molecular weight is 443 g/mol. The van der Waals surface area contributed by atoms with Crippen LogP contribution in [0.2, 0.25) is 5.02 Å². The Bertz CT molecular complexity index is 1150. The summed E-state index contributed by atoms with van der Waals surface area (Å²) in [5, 5.41) is 4.24. The molecule has 1 amide bonds. The number of pyridine rings is 1. The smallest absolute Gasteiger partial charge is 0.264 e. The van der Waals surface area contributed by atoms with Gasteiger partial charge < -0.3 is 0 Å². The zero-order chi connectivity index (χ0) is 21.6. The molecule has 9 heteroatoms. The van der Waals surface area contributed by atoms with Gasteiger partial charge in [0, 0.05) is 17.4 Å². The van der Waals surface area contributed by atoms with Gasteiger partial charge in [-0.3, -0.25) is 14.1 Å². The van der Waals surface area contributed by atoms with Gasteiger partial charge in [-0.15, -0.1) is 0 Å². The molecule has 0 saturated carbocycles. The lowest BCUT2D eigenvalue weighted by atomic mass is 10.2. The van der Waals surface area contributed by atoms with Crippen LogP contribution in [0.25, 0.3) is 0 Å². The summed E-state index contributed by atoms with van der Waals surface area (Å²) in [4.78, 5) is 16.5. The maximum Gasteiger partial charge on any atom is 0.264 e. The number of aromatic nitrogens is 1. The predicted molar refractivity (Wildman–Crippen MR) is 117 cm³/mol. The second-order valence-electron chi connectivity index (χ2n) is 6.33. The number of carbonyl (C=O) groups is 1. The Morgan fingerprint density at radius 1 is 1.13 bits per heavy atom. The number of rotatable bonds is 7. The van der Waals surface area contributed by atoms with E-state index in [1.807, 2.05) is 0 Å². The molecule has 7 nitrogen and oxygen atoms in total. The van der Waals surface area contributed by atoms with Crippen LogP contribution in [-0.2, 0) is 14.8 Å². The molecule has 1 aromatic heterocycles. The van der Waals surface area contributed by atoms with Crippen LogP contribution in [-0.4, -0.2) is 32.1 Å². The Labute approximate surface area is 180 Å². The molecule has 0 aliphatic heterocycles. The van der Waals surface area contributed by atoms with E-state index in [2.05, 4.69) is 15.5 Å². The van der Waals surface area contributed by atoms with Crippen molar-refractivity contribution in [1.29, 1.82) is 0 Å². The van der Waals surface area contributed by atoms with Crippen molar-refractivity contribution in [3.8, 4) is 0 Å². The first-order valence-electron chi connectivity index (χ1n) is 8.94. The van der Waals surface area contributed by atoms with Gasteiger partial charge in [-0.25, -0.2) is 13.8 Å². The predicted octanol–water partition coefficient (Wildman–Crippen LogP) is 3.39. The van der Waals surface area contributed by atoms with E-state index >= 15 is 0 Å². The topological polar surface area (TPSA) is 91.7 Å². The largest absolute Gasteiger partial charge is 0.271 e. The van der Waals surface area contributed by atoms with Crippen LogP contribution < -0.4 is 9.73 Å². The Kier molecular flexibility index (Phi) is 6.81. The SMILES string of the molecule is Cc1ccc(Cl)cc1N(CC(=O)N/N=C\c1ccncc1)S(=O)(=O)c1ccccc1. The first-order chi connectivity index (χ1) is 14.4. The van der Waals surface area contributed by atoms with E-state index in [1.165, 1.54) is 24.4 Å². The number of sulfonamides is 1. The molecule has 0 radical (unpaired) electrons. The standard InChI is InChI=1S/C21H19ClN4O3S/c1-16-7-8-18(22)13-20(16)26(30(28,29)19-5-3-2-4-6-19)15-21(27)25-24-14-17-9-11-23-12-10-17/h2-14H,15H2,1H3,(H,25,27)/b24-14-. The normalized spacial score (nSPS) is 11.4. The highest BCUT2D eigenvalue weighted by Gasteiger charge is 2.28. The van der Waals surface area contributed by atoms with Crippen LogP contribution in [0.1, 0.15) is 11.1 Å². The minimum Gasteiger partial charge on any atom is -0.271 e. The third-order valence-electron chi connectivity index (χ3n) is 4.17. The van der Waals surface area contributed by atoms with Crippen molar-refractivity contribution in [3.63, 3.8) is 0 Å². The van der Waals surface area contributed by atoms with Gasteiger partial charge in [0.1, 0.15) is 6.54 Å². The third-order valence-corrected chi connectivity index (χ3v) is 6.18. The lowest BCUT2D eigenvalue weighted by Crippen LogP contribution is -2.40. The minimum absolute atomic E-state index is 0.0671. The van der Waals surface area contributed by atoms with Crippen LogP contribution >= 0.6 is 11.6 Å². The van der Waals surface area contributed by atoms with Gasteiger partial charge in [0.25, 0.3) is 15.9 Å². The van der Waals surface area contributed by atoms with Crippen molar-refractivity contribution in [2.45, 2.75) is 11.8 Å². The molecule has 0 fully saturated rings. The van der Waals surface area contributed by atoms with Gasteiger partial charge in [0.2, 0.25) is 0 Å². The molecule has 0 saturated heterocycles. The van der Waals surface area contributed by atoms with Crippen LogP contribution in [0.5, 0.6) is 0 Å². The molecule has 1 N–H and O–H groups in total. The van der Waals surface area contributed by atoms with Crippen molar-refractivity contribution in [2.24, 2.45) is 5.10 Å². The summed E-state index contributed by atoms with van der Waals surface area (Å²) < 4.78 is 27.6. The van der Waals surface area contributed by atoms with E-state index in [9.17, 15) is 13.2 Å². The van der Waals surface area contributed by atoms with Crippen molar-refractivity contribution < 1.29 is 13.2 Å². The fourth-order valence-electron chi connectivity index (χ4n) is 2.66. The van der Waals surface area contributed by atoms with E-state index in [1.54, 1.807) is 61.8 Å². The molecule has 0 bridgehead atoms. The molecule has 2 aromatic carbocycles. The molecule has 30 heavy (non-hydrogen) atoms. The van der Waals surface area contributed by atoms with Crippen molar-refractivity contribution >= 4 is 39.4 Å². The molecular formula is C21H19ClN4O3S.